The first-order valence-corrected chi connectivity index (χ1v) is 9.92. The lowest BCUT2D eigenvalue weighted by atomic mass is 9.79. The summed E-state index contributed by atoms with van der Waals surface area (Å²) in [5.41, 5.74) is 3.23. The Balaban J connectivity index is 1.58. The Morgan fingerprint density at radius 1 is 1.19 bits per heavy atom. The molecule has 1 amide bonds. The third kappa shape index (κ3) is 3.73. The van der Waals surface area contributed by atoms with Crippen LogP contribution in [0.15, 0.2) is 18.2 Å². The van der Waals surface area contributed by atoms with E-state index in [1.54, 1.807) is 0 Å². The van der Waals surface area contributed by atoms with Crippen molar-refractivity contribution in [1.82, 2.24) is 19.8 Å². The molecule has 6 heteroatoms. The molecule has 6 nitrogen and oxygen atoms in total. The molecule has 3 heterocycles. The van der Waals surface area contributed by atoms with Crippen molar-refractivity contribution in [3.05, 3.63) is 24.0 Å². The van der Waals surface area contributed by atoms with Gasteiger partial charge in [-0.15, -0.1) is 0 Å². The average Bonchev–Trinajstić information content (AvgIpc) is 2.87. The maximum atomic E-state index is 11.3. The highest BCUT2D eigenvalue weighted by molar-refractivity contribution is 5.91. The smallest absolute Gasteiger partial charge is 0.221 e. The van der Waals surface area contributed by atoms with Crippen LogP contribution in [0.5, 0.6) is 0 Å². The quantitative estimate of drug-likeness (QED) is 0.854. The van der Waals surface area contributed by atoms with E-state index in [1.165, 1.54) is 6.92 Å². The molecular weight excluding hydrogens is 338 g/mol. The van der Waals surface area contributed by atoms with Crippen LogP contribution in [0.3, 0.4) is 0 Å². The van der Waals surface area contributed by atoms with Crippen LogP contribution in [0.4, 0.5) is 5.69 Å². The largest absolute Gasteiger partial charge is 0.326 e. The number of anilines is 1. The number of amides is 1. The highest BCUT2D eigenvalue weighted by Crippen LogP contribution is 2.34. The Kier molecular flexibility index (Phi) is 4.31. The summed E-state index contributed by atoms with van der Waals surface area (Å²) in [6, 6.07) is 6.58. The van der Waals surface area contributed by atoms with Crippen molar-refractivity contribution >= 4 is 22.6 Å². The number of fused-ring (bicyclic) bond motifs is 3. The predicted octanol–water partition coefficient (Wildman–Crippen LogP) is 3.12. The maximum absolute atomic E-state index is 11.3. The molecule has 0 atom stereocenters. The van der Waals surface area contributed by atoms with Gasteiger partial charge in [-0.1, -0.05) is 0 Å². The molecule has 4 rings (SSSR count). The van der Waals surface area contributed by atoms with Crippen LogP contribution < -0.4 is 10.6 Å². The number of rotatable bonds is 2. The molecule has 0 saturated carbocycles. The normalized spacial score (nSPS) is 22.6. The molecule has 1 aromatic heterocycles. The summed E-state index contributed by atoms with van der Waals surface area (Å²) in [7, 11) is 0. The molecule has 0 unspecified atom stereocenters. The van der Waals surface area contributed by atoms with E-state index < -0.39 is 0 Å². The molecule has 2 aliphatic heterocycles. The Hall–Kier alpha value is -1.92. The first kappa shape index (κ1) is 18.4. The number of aromatic nitrogens is 2. The van der Waals surface area contributed by atoms with Gasteiger partial charge in [-0.25, -0.2) is 4.98 Å². The molecule has 0 radical (unpaired) electrons. The number of carbonyl (C=O) groups excluding carboxylic acids is 1. The first-order chi connectivity index (χ1) is 12.6. The molecule has 146 valence electrons. The molecule has 0 spiro atoms. The zero-order valence-electron chi connectivity index (χ0n) is 17.1. The Bertz CT molecular complexity index is 866. The van der Waals surface area contributed by atoms with Gasteiger partial charge in [0.1, 0.15) is 5.82 Å². The summed E-state index contributed by atoms with van der Waals surface area (Å²) >= 11 is 0. The van der Waals surface area contributed by atoms with Crippen LogP contribution in [0, 0.1) is 0 Å². The molecule has 0 bridgehead atoms. The summed E-state index contributed by atoms with van der Waals surface area (Å²) in [5.74, 6) is 1.08. The SMILES string of the molecule is CC(=O)Nc1ccc2c(c1)nc1n2CCN(C2CC(C)(C)NC(C)(C)C2)C1. The third-order valence-corrected chi connectivity index (χ3v) is 5.79. The van der Waals surface area contributed by atoms with Gasteiger partial charge in [-0.05, 0) is 58.7 Å². The van der Waals surface area contributed by atoms with Gasteiger partial charge in [0.15, 0.2) is 0 Å². The van der Waals surface area contributed by atoms with Gasteiger partial charge in [0, 0.05) is 42.8 Å². The number of carbonyl (C=O) groups is 1. The van der Waals surface area contributed by atoms with Gasteiger partial charge in [0.05, 0.1) is 17.6 Å². The van der Waals surface area contributed by atoms with Crippen LogP contribution >= 0.6 is 0 Å². The molecular formula is C21H31N5O. The minimum Gasteiger partial charge on any atom is -0.326 e. The lowest BCUT2D eigenvalue weighted by molar-refractivity contribution is -0.114. The van der Waals surface area contributed by atoms with E-state index in [1.807, 2.05) is 12.1 Å². The maximum Gasteiger partial charge on any atom is 0.221 e. The second-order valence-electron chi connectivity index (χ2n) is 9.49. The van der Waals surface area contributed by atoms with Gasteiger partial charge in [0.2, 0.25) is 5.91 Å². The molecule has 1 aromatic carbocycles. The first-order valence-electron chi connectivity index (χ1n) is 9.92. The van der Waals surface area contributed by atoms with Crippen LogP contribution in [0.2, 0.25) is 0 Å². The van der Waals surface area contributed by atoms with E-state index in [0.717, 1.165) is 55.0 Å². The molecule has 2 aliphatic rings. The van der Waals surface area contributed by atoms with Gasteiger partial charge < -0.3 is 15.2 Å². The van der Waals surface area contributed by atoms with Crippen molar-refractivity contribution in [2.75, 3.05) is 11.9 Å². The number of nitrogens with zero attached hydrogens (tertiary/aromatic N) is 3. The predicted molar refractivity (Wildman–Crippen MR) is 109 cm³/mol. The minimum atomic E-state index is -0.0550. The van der Waals surface area contributed by atoms with Crippen molar-refractivity contribution in [1.29, 1.82) is 0 Å². The fourth-order valence-corrected chi connectivity index (χ4v) is 5.16. The van der Waals surface area contributed by atoms with Crippen molar-refractivity contribution in [3.63, 3.8) is 0 Å². The zero-order valence-corrected chi connectivity index (χ0v) is 17.1. The average molecular weight is 370 g/mol. The summed E-state index contributed by atoms with van der Waals surface area (Å²) in [6.45, 7) is 13.7. The van der Waals surface area contributed by atoms with Crippen molar-refractivity contribution in [2.24, 2.45) is 0 Å². The summed E-state index contributed by atoms with van der Waals surface area (Å²) < 4.78 is 2.33. The molecule has 27 heavy (non-hydrogen) atoms. The van der Waals surface area contributed by atoms with Gasteiger partial charge >= 0.3 is 0 Å². The standard InChI is InChI=1S/C21H31N5O/c1-14(27)22-15-6-7-18-17(10-15)23-19-13-25(8-9-26(18)19)16-11-20(2,3)24-21(4,5)12-16/h6-7,10,16,24H,8-9,11-13H2,1-5H3,(H,22,27). The van der Waals surface area contributed by atoms with Crippen LogP contribution in [0.1, 0.15) is 53.3 Å². The molecule has 2 aromatic rings. The van der Waals surface area contributed by atoms with Crippen molar-refractivity contribution in [3.8, 4) is 0 Å². The highest BCUT2D eigenvalue weighted by Gasteiger charge is 2.40. The molecule has 0 aliphatic carbocycles. The van der Waals surface area contributed by atoms with E-state index in [-0.39, 0.29) is 17.0 Å². The Labute approximate surface area is 161 Å². The Morgan fingerprint density at radius 3 is 2.56 bits per heavy atom. The number of benzene rings is 1. The van der Waals surface area contributed by atoms with E-state index in [2.05, 4.69) is 53.9 Å². The molecule has 2 N–H and O–H groups in total. The van der Waals surface area contributed by atoms with Crippen LogP contribution in [0.25, 0.3) is 11.0 Å². The minimum absolute atomic E-state index is 0.0550. The van der Waals surface area contributed by atoms with E-state index in [0.29, 0.717) is 6.04 Å². The monoisotopic (exact) mass is 369 g/mol. The Morgan fingerprint density at radius 2 is 1.89 bits per heavy atom. The molecule has 1 fully saturated rings. The van der Waals surface area contributed by atoms with Gasteiger partial charge in [0.25, 0.3) is 0 Å². The van der Waals surface area contributed by atoms with E-state index >= 15 is 0 Å². The zero-order chi connectivity index (χ0) is 19.4. The van der Waals surface area contributed by atoms with Crippen molar-refractivity contribution in [2.45, 2.75) is 77.7 Å². The topological polar surface area (TPSA) is 62.2 Å². The number of hydrogen-bond acceptors (Lipinski definition) is 4. The van der Waals surface area contributed by atoms with Gasteiger partial charge in [-0.3, -0.25) is 9.69 Å². The van der Waals surface area contributed by atoms with Crippen molar-refractivity contribution < 1.29 is 4.79 Å². The summed E-state index contributed by atoms with van der Waals surface area (Å²) in [5, 5.41) is 6.63. The van der Waals surface area contributed by atoms with E-state index in [4.69, 9.17) is 4.98 Å². The number of hydrogen-bond donors (Lipinski definition) is 2. The second kappa shape index (κ2) is 6.31. The number of imidazole rings is 1. The fourth-order valence-electron chi connectivity index (χ4n) is 5.16. The number of nitrogens with one attached hydrogen (secondary N) is 2. The lowest BCUT2D eigenvalue weighted by Gasteiger charge is -2.50. The van der Waals surface area contributed by atoms with Crippen LogP contribution in [-0.2, 0) is 17.9 Å². The van der Waals surface area contributed by atoms with Crippen LogP contribution in [-0.4, -0.2) is 44.0 Å². The highest BCUT2D eigenvalue weighted by atomic mass is 16.1. The fraction of sp³-hybridized carbons (Fsp3) is 0.619. The number of piperidine rings is 1. The lowest BCUT2D eigenvalue weighted by Crippen LogP contribution is -2.62. The third-order valence-electron chi connectivity index (χ3n) is 5.79. The van der Waals surface area contributed by atoms with Gasteiger partial charge in [-0.2, -0.15) is 0 Å². The molecule has 1 saturated heterocycles. The summed E-state index contributed by atoms with van der Waals surface area (Å²) in [4.78, 5) is 18.8. The summed E-state index contributed by atoms with van der Waals surface area (Å²) in [6.07, 6.45) is 2.31. The second-order valence-corrected chi connectivity index (χ2v) is 9.49. The van der Waals surface area contributed by atoms with E-state index in [9.17, 15) is 4.79 Å².